The maximum atomic E-state index is 11.4. The summed E-state index contributed by atoms with van der Waals surface area (Å²) in [6.45, 7) is 5.64. The number of hydrogen-bond donors (Lipinski definition) is 1. The van der Waals surface area contributed by atoms with Crippen molar-refractivity contribution in [2.45, 2.75) is 38.1 Å². The van der Waals surface area contributed by atoms with E-state index < -0.39 is 11.4 Å². The van der Waals surface area contributed by atoms with E-state index in [2.05, 4.69) is 4.98 Å². The molecular formula is C14H16Cl3N3O. The summed E-state index contributed by atoms with van der Waals surface area (Å²) in [7, 11) is 0. The van der Waals surface area contributed by atoms with Gasteiger partial charge in [-0.3, -0.25) is 4.79 Å². The van der Waals surface area contributed by atoms with Crippen LogP contribution in [0.1, 0.15) is 38.4 Å². The van der Waals surface area contributed by atoms with Gasteiger partial charge >= 0.3 is 0 Å². The van der Waals surface area contributed by atoms with Crippen LogP contribution in [0.25, 0.3) is 11.0 Å². The van der Waals surface area contributed by atoms with Gasteiger partial charge in [0.2, 0.25) is 5.91 Å². The van der Waals surface area contributed by atoms with Crippen molar-refractivity contribution in [3.8, 4) is 0 Å². The molecule has 21 heavy (non-hydrogen) atoms. The highest BCUT2D eigenvalue weighted by Crippen LogP contribution is 2.35. The first-order valence-electron chi connectivity index (χ1n) is 6.43. The Labute approximate surface area is 138 Å². The summed E-state index contributed by atoms with van der Waals surface area (Å²) in [6.07, 6.45) is 0.162. The Morgan fingerprint density at radius 3 is 2.48 bits per heavy atom. The summed E-state index contributed by atoms with van der Waals surface area (Å²) in [5, 5.41) is 0.520. The Hall–Kier alpha value is -0.970. The van der Waals surface area contributed by atoms with Gasteiger partial charge in [-0.15, -0.1) is 11.6 Å². The van der Waals surface area contributed by atoms with Gasteiger partial charge in [0.1, 0.15) is 5.82 Å². The Kier molecular flexibility index (Phi) is 4.43. The topological polar surface area (TPSA) is 60.9 Å². The summed E-state index contributed by atoms with van der Waals surface area (Å²) in [5.41, 5.74) is 6.24. The van der Waals surface area contributed by atoms with Gasteiger partial charge in [-0.1, -0.05) is 23.2 Å². The first kappa shape index (κ1) is 16.4. The van der Waals surface area contributed by atoms with Gasteiger partial charge in [-0.25, -0.2) is 4.98 Å². The van der Waals surface area contributed by atoms with Crippen molar-refractivity contribution in [3.05, 3.63) is 28.0 Å². The second-order valence-corrected chi connectivity index (χ2v) is 7.10. The fourth-order valence-electron chi connectivity index (χ4n) is 2.50. The summed E-state index contributed by atoms with van der Waals surface area (Å²) >= 11 is 18.4. The average Bonchev–Trinajstić information content (AvgIpc) is 2.67. The van der Waals surface area contributed by atoms with Crippen LogP contribution in [0.3, 0.4) is 0 Å². The fraction of sp³-hybridized carbons (Fsp3) is 0.429. The maximum Gasteiger partial charge on any atom is 0.219 e. The SMILES string of the molecule is CC(Cl)c1nc2cc(Cl)c(Cl)cc2n1C(C)(C)CC(N)=O. The number of halogens is 3. The van der Waals surface area contributed by atoms with E-state index in [4.69, 9.17) is 40.5 Å². The number of nitrogens with zero attached hydrogens (tertiary/aromatic N) is 2. The summed E-state index contributed by atoms with van der Waals surface area (Å²) in [5.74, 6) is 0.256. The molecular weight excluding hydrogens is 333 g/mol. The summed E-state index contributed by atoms with van der Waals surface area (Å²) < 4.78 is 1.91. The minimum Gasteiger partial charge on any atom is -0.370 e. The van der Waals surface area contributed by atoms with Crippen molar-refractivity contribution >= 4 is 51.7 Å². The molecule has 1 aromatic heterocycles. The van der Waals surface area contributed by atoms with Crippen LogP contribution < -0.4 is 5.73 Å². The van der Waals surface area contributed by atoms with Crippen LogP contribution >= 0.6 is 34.8 Å². The molecule has 2 rings (SSSR count). The fourth-order valence-corrected chi connectivity index (χ4v) is 2.96. The number of amides is 1. The van der Waals surface area contributed by atoms with E-state index in [0.717, 1.165) is 5.52 Å². The Morgan fingerprint density at radius 2 is 1.95 bits per heavy atom. The van der Waals surface area contributed by atoms with Gasteiger partial charge in [0, 0.05) is 12.0 Å². The largest absolute Gasteiger partial charge is 0.370 e. The molecule has 1 aromatic carbocycles. The van der Waals surface area contributed by atoms with E-state index in [1.54, 1.807) is 12.1 Å². The Balaban J connectivity index is 2.77. The third-order valence-electron chi connectivity index (χ3n) is 3.29. The number of imidazole rings is 1. The lowest BCUT2D eigenvalue weighted by atomic mass is 9.99. The predicted octanol–water partition coefficient (Wildman–Crippen LogP) is 4.25. The monoisotopic (exact) mass is 347 g/mol. The van der Waals surface area contributed by atoms with Crippen LogP contribution in [-0.4, -0.2) is 15.5 Å². The van der Waals surface area contributed by atoms with Crippen LogP contribution in [0.2, 0.25) is 10.0 Å². The zero-order valence-electron chi connectivity index (χ0n) is 12.0. The van der Waals surface area contributed by atoms with Gasteiger partial charge < -0.3 is 10.3 Å². The van der Waals surface area contributed by atoms with Crippen molar-refractivity contribution in [2.75, 3.05) is 0 Å². The molecule has 4 nitrogen and oxygen atoms in total. The third kappa shape index (κ3) is 3.12. The van der Waals surface area contributed by atoms with Gasteiger partial charge in [0.05, 0.1) is 26.5 Å². The molecule has 1 atom stereocenters. The number of nitrogens with two attached hydrogens (primary N) is 1. The molecule has 0 saturated heterocycles. The molecule has 2 aromatic rings. The van der Waals surface area contributed by atoms with Gasteiger partial charge in [0.15, 0.2) is 0 Å². The lowest BCUT2D eigenvalue weighted by molar-refractivity contribution is -0.119. The number of carbonyl (C=O) groups excluding carboxylic acids is 1. The van der Waals surface area contributed by atoms with Crippen molar-refractivity contribution in [2.24, 2.45) is 5.73 Å². The Morgan fingerprint density at radius 1 is 1.38 bits per heavy atom. The van der Waals surface area contributed by atoms with E-state index in [9.17, 15) is 4.79 Å². The van der Waals surface area contributed by atoms with Crippen LogP contribution in [-0.2, 0) is 10.3 Å². The molecule has 1 heterocycles. The zero-order valence-corrected chi connectivity index (χ0v) is 14.2. The predicted molar refractivity (Wildman–Crippen MR) is 87.2 cm³/mol. The molecule has 1 unspecified atom stereocenters. The number of primary amides is 1. The average molecular weight is 349 g/mol. The number of rotatable bonds is 4. The minimum absolute atomic E-state index is 0.162. The first-order chi connectivity index (χ1) is 9.63. The molecule has 0 aliphatic carbocycles. The number of alkyl halides is 1. The van der Waals surface area contributed by atoms with Crippen LogP contribution in [0.15, 0.2) is 12.1 Å². The molecule has 0 spiro atoms. The van der Waals surface area contributed by atoms with Crippen LogP contribution in [0, 0.1) is 0 Å². The molecule has 0 bridgehead atoms. The first-order valence-corrected chi connectivity index (χ1v) is 7.63. The van der Waals surface area contributed by atoms with Crippen LogP contribution in [0.4, 0.5) is 0 Å². The number of fused-ring (bicyclic) bond motifs is 1. The number of aromatic nitrogens is 2. The second-order valence-electron chi connectivity index (χ2n) is 5.63. The molecule has 2 N–H and O–H groups in total. The molecule has 114 valence electrons. The van der Waals surface area contributed by atoms with E-state index in [1.165, 1.54) is 0 Å². The number of carbonyl (C=O) groups is 1. The number of hydrogen-bond acceptors (Lipinski definition) is 2. The molecule has 1 amide bonds. The molecule has 0 aliphatic rings. The van der Waals surface area contributed by atoms with Crippen molar-refractivity contribution in [3.63, 3.8) is 0 Å². The lowest BCUT2D eigenvalue weighted by Crippen LogP contribution is -2.33. The highest BCUT2D eigenvalue weighted by molar-refractivity contribution is 6.42. The molecule has 0 radical (unpaired) electrons. The maximum absolute atomic E-state index is 11.4. The van der Waals surface area contributed by atoms with Gasteiger partial charge in [-0.05, 0) is 32.9 Å². The molecule has 0 fully saturated rings. The second kappa shape index (κ2) is 5.67. The van der Waals surface area contributed by atoms with Gasteiger partial charge in [-0.2, -0.15) is 0 Å². The van der Waals surface area contributed by atoms with Crippen molar-refractivity contribution in [1.82, 2.24) is 9.55 Å². The van der Waals surface area contributed by atoms with Crippen LogP contribution in [0.5, 0.6) is 0 Å². The normalized spacial score (nSPS) is 13.6. The van der Waals surface area contributed by atoms with Gasteiger partial charge in [0.25, 0.3) is 0 Å². The van der Waals surface area contributed by atoms with E-state index in [0.29, 0.717) is 21.4 Å². The third-order valence-corrected chi connectivity index (χ3v) is 4.21. The highest BCUT2D eigenvalue weighted by Gasteiger charge is 2.29. The van der Waals surface area contributed by atoms with E-state index >= 15 is 0 Å². The van der Waals surface area contributed by atoms with E-state index in [-0.39, 0.29) is 11.8 Å². The highest BCUT2D eigenvalue weighted by atomic mass is 35.5. The smallest absolute Gasteiger partial charge is 0.219 e. The minimum atomic E-state index is -0.573. The number of benzene rings is 1. The standard InChI is InChI=1S/C14H16Cl3N3O/c1-7(15)13-19-10-4-8(16)9(17)5-11(10)20(13)14(2,3)6-12(18)21/h4-5,7H,6H2,1-3H3,(H2,18,21). The lowest BCUT2D eigenvalue weighted by Gasteiger charge is -2.29. The van der Waals surface area contributed by atoms with E-state index in [1.807, 2.05) is 25.3 Å². The molecule has 0 saturated carbocycles. The molecule has 0 aliphatic heterocycles. The Bertz CT molecular complexity index is 707. The molecule has 7 heteroatoms. The van der Waals surface area contributed by atoms with Crippen molar-refractivity contribution in [1.29, 1.82) is 0 Å². The summed E-state index contributed by atoms with van der Waals surface area (Å²) in [6, 6.07) is 3.43. The quantitative estimate of drug-likeness (QED) is 0.839. The summed E-state index contributed by atoms with van der Waals surface area (Å²) in [4.78, 5) is 15.9. The zero-order chi connectivity index (χ0) is 15.9. The van der Waals surface area contributed by atoms with Crippen molar-refractivity contribution < 1.29 is 4.79 Å².